The molecule has 2 aromatic rings. The first-order chi connectivity index (χ1) is 11.3. The van der Waals surface area contributed by atoms with Crippen LogP contribution < -0.4 is 10.6 Å². The van der Waals surface area contributed by atoms with Gasteiger partial charge in [-0.1, -0.05) is 0 Å². The summed E-state index contributed by atoms with van der Waals surface area (Å²) in [6.45, 7) is 2.28. The Kier molecular flexibility index (Phi) is 5.60. The maximum atomic E-state index is 12.1. The largest absolute Gasteiger partial charge is 0.384 e. The first-order valence-corrected chi connectivity index (χ1v) is 8.78. The van der Waals surface area contributed by atoms with Crippen molar-refractivity contribution < 1.29 is 9.53 Å². The van der Waals surface area contributed by atoms with Crippen molar-refractivity contribution in [1.82, 2.24) is 10.3 Å². The molecule has 0 saturated carbocycles. The molecule has 0 bridgehead atoms. The zero-order valence-electron chi connectivity index (χ0n) is 13.0. The van der Waals surface area contributed by atoms with Crippen molar-refractivity contribution in [2.45, 2.75) is 25.4 Å². The van der Waals surface area contributed by atoms with Gasteiger partial charge in [-0.05, 0) is 43.5 Å². The van der Waals surface area contributed by atoms with Gasteiger partial charge in [0, 0.05) is 37.0 Å². The summed E-state index contributed by atoms with van der Waals surface area (Å²) in [6.07, 6.45) is 6.75. The molecule has 5 nitrogen and oxygen atoms in total. The van der Waals surface area contributed by atoms with E-state index in [-0.39, 0.29) is 12.0 Å². The number of pyridine rings is 1. The van der Waals surface area contributed by atoms with E-state index in [9.17, 15) is 4.79 Å². The zero-order chi connectivity index (χ0) is 15.9. The van der Waals surface area contributed by atoms with Gasteiger partial charge in [-0.15, -0.1) is 11.3 Å². The van der Waals surface area contributed by atoms with Crippen molar-refractivity contribution in [1.29, 1.82) is 0 Å². The van der Waals surface area contributed by atoms with Crippen molar-refractivity contribution in [2.75, 3.05) is 25.0 Å². The Hall–Kier alpha value is -1.92. The van der Waals surface area contributed by atoms with Crippen LogP contribution in [0.25, 0.3) is 0 Å². The number of thiophene rings is 1. The van der Waals surface area contributed by atoms with E-state index >= 15 is 0 Å². The van der Waals surface area contributed by atoms with E-state index in [0.29, 0.717) is 6.54 Å². The van der Waals surface area contributed by atoms with Gasteiger partial charge in [0.25, 0.3) is 5.91 Å². The van der Waals surface area contributed by atoms with Crippen molar-refractivity contribution in [2.24, 2.45) is 0 Å². The summed E-state index contributed by atoms with van der Waals surface area (Å²) in [6, 6.07) is 7.78. The lowest BCUT2D eigenvalue weighted by Gasteiger charge is -2.07. The van der Waals surface area contributed by atoms with Gasteiger partial charge in [0.2, 0.25) is 0 Å². The molecule has 0 aliphatic carbocycles. The fourth-order valence-corrected chi connectivity index (χ4v) is 3.54. The van der Waals surface area contributed by atoms with E-state index in [1.807, 2.05) is 24.3 Å². The van der Waals surface area contributed by atoms with E-state index in [4.69, 9.17) is 4.74 Å². The number of rotatable bonds is 7. The summed E-state index contributed by atoms with van der Waals surface area (Å²) in [5.41, 5.74) is 0.998. The zero-order valence-corrected chi connectivity index (χ0v) is 13.8. The highest BCUT2D eigenvalue weighted by molar-refractivity contribution is 7.14. The predicted molar refractivity (Wildman–Crippen MR) is 91.9 cm³/mol. The molecule has 0 aromatic carbocycles. The van der Waals surface area contributed by atoms with Crippen LogP contribution in [0.1, 0.15) is 39.9 Å². The van der Waals surface area contributed by atoms with Crippen LogP contribution in [0.15, 0.2) is 36.7 Å². The number of nitrogens with one attached hydrogen (secondary N) is 2. The molecule has 3 heterocycles. The molecular weight excluding hydrogens is 310 g/mol. The number of amides is 1. The second-order valence-corrected chi connectivity index (χ2v) is 6.60. The molecule has 6 heteroatoms. The molecule has 1 unspecified atom stereocenters. The molecule has 122 valence electrons. The smallest absolute Gasteiger partial charge is 0.261 e. The number of aromatic nitrogens is 1. The third kappa shape index (κ3) is 4.53. The Balaban J connectivity index is 1.37. The lowest BCUT2D eigenvalue weighted by Crippen LogP contribution is -2.25. The van der Waals surface area contributed by atoms with Gasteiger partial charge in [0.15, 0.2) is 0 Å². The summed E-state index contributed by atoms with van der Waals surface area (Å²) >= 11 is 1.54. The highest BCUT2D eigenvalue weighted by atomic mass is 32.1. The molecule has 2 aromatic heterocycles. The van der Waals surface area contributed by atoms with Crippen molar-refractivity contribution in [3.63, 3.8) is 0 Å². The van der Waals surface area contributed by atoms with Gasteiger partial charge < -0.3 is 15.4 Å². The van der Waals surface area contributed by atoms with Crippen LogP contribution in [0.2, 0.25) is 0 Å². The number of hydrogen-bond donors (Lipinski definition) is 2. The normalized spacial score (nSPS) is 17.1. The minimum Gasteiger partial charge on any atom is -0.384 e. The Morgan fingerprint density at radius 2 is 2.30 bits per heavy atom. The minimum absolute atomic E-state index is 0.000578. The minimum atomic E-state index is 0.000578. The van der Waals surface area contributed by atoms with Crippen LogP contribution in [-0.2, 0) is 4.74 Å². The summed E-state index contributed by atoms with van der Waals surface area (Å²) in [4.78, 5) is 18.1. The number of anilines is 1. The first kappa shape index (κ1) is 16.0. The molecule has 1 aliphatic heterocycles. The molecule has 0 radical (unpaired) electrons. The number of ether oxygens (including phenoxy) is 1. The maximum Gasteiger partial charge on any atom is 0.261 e. The Bertz CT molecular complexity index is 624. The predicted octanol–water partition coefficient (Wildman–Crippen LogP) is 3.23. The van der Waals surface area contributed by atoms with Crippen LogP contribution in [0.3, 0.4) is 0 Å². The molecular formula is C17H21N3O2S. The molecule has 1 atom stereocenters. The lowest BCUT2D eigenvalue weighted by molar-refractivity contribution is 0.0957. The Labute approximate surface area is 140 Å². The van der Waals surface area contributed by atoms with Crippen molar-refractivity contribution >= 4 is 22.9 Å². The molecule has 23 heavy (non-hydrogen) atoms. The highest BCUT2D eigenvalue weighted by Gasteiger charge is 2.20. The summed E-state index contributed by atoms with van der Waals surface area (Å²) in [5, 5.41) is 6.24. The molecule has 2 N–H and O–H groups in total. The molecule has 1 amide bonds. The lowest BCUT2D eigenvalue weighted by atomic mass is 10.2. The maximum absolute atomic E-state index is 12.1. The molecule has 1 aliphatic rings. The number of nitrogens with zero attached hydrogens (tertiary/aromatic N) is 1. The third-order valence-corrected chi connectivity index (χ3v) is 4.90. The van der Waals surface area contributed by atoms with Gasteiger partial charge in [-0.3, -0.25) is 9.78 Å². The fraction of sp³-hybridized carbons (Fsp3) is 0.412. The van der Waals surface area contributed by atoms with E-state index in [2.05, 4.69) is 15.6 Å². The van der Waals surface area contributed by atoms with E-state index in [0.717, 1.165) is 47.9 Å². The van der Waals surface area contributed by atoms with Gasteiger partial charge in [0.1, 0.15) is 0 Å². The highest BCUT2D eigenvalue weighted by Crippen LogP contribution is 2.33. The monoisotopic (exact) mass is 331 g/mol. The number of carbonyl (C=O) groups excluding carboxylic acids is 1. The van der Waals surface area contributed by atoms with Gasteiger partial charge in [-0.2, -0.15) is 0 Å². The first-order valence-electron chi connectivity index (χ1n) is 7.96. The van der Waals surface area contributed by atoms with E-state index in [1.54, 1.807) is 12.4 Å². The van der Waals surface area contributed by atoms with Gasteiger partial charge in [0.05, 0.1) is 16.7 Å². The summed E-state index contributed by atoms with van der Waals surface area (Å²) in [5.74, 6) is 0.000578. The Morgan fingerprint density at radius 1 is 1.35 bits per heavy atom. The number of carbonyl (C=O) groups is 1. The molecule has 1 saturated heterocycles. The van der Waals surface area contributed by atoms with E-state index in [1.165, 1.54) is 11.3 Å². The van der Waals surface area contributed by atoms with Crippen molar-refractivity contribution in [3.8, 4) is 0 Å². The average molecular weight is 331 g/mol. The quantitative estimate of drug-likeness (QED) is 0.765. The van der Waals surface area contributed by atoms with Crippen LogP contribution in [-0.4, -0.2) is 30.6 Å². The molecule has 3 rings (SSSR count). The van der Waals surface area contributed by atoms with Crippen LogP contribution in [0.5, 0.6) is 0 Å². The van der Waals surface area contributed by atoms with Gasteiger partial charge >= 0.3 is 0 Å². The third-order valence-electron chi connectivity index (χ3n) is 3.73. The fourth-order valence-electron chi connectivity index (χ4n) is 2.53. The SMILES string of the molecule is O=C(NCCCNc1cccnc1)c1ccc(C2CCCO2)s1. The van der Waals surface area contributed by atoms with Crippen LogP contribution in [0.4, 0.5) is 5.69 Å². The van der Waals surface area contributed by atoms with Crippen molar-refractivity contribution in [3.05, 3.63) is 46.4 Å². The molecule has 1 fully saturated rings. The summed E-state index contributed by atoms with van der Waals surface area (Å²) in [7, 11) is 0. The number of hydrogen-bond acceptors (Lipinski definition) is 5. The second-order valence-electron chi connectivity index (χ2n) is 5.48. The second kappa shape index (κ2) is 8.08. The van der Waals surface area contributed by atoms with E-state index < -0.39 is 0 Å². The standard InChI is InChI=1S/C17H21N3O2S/c21-17(16-7-6-15(23-16)14-5-2-11-22-14)20-10-3-9-19-13-4-1-8-18-12-13/h1,4,6-8,12,14,19H,2-3,5,9-11H2,(H,20,21). The Morgan fingerprint density at radius 3 is 3.09 bits per heavy atom. The molecule has 0 spiro atoms. The van der Waals surface area contributed by atoms with Gasteiger partial charge in [-0.25, -0.2) is 0 Å². The average Bonchev–Trinajstić information content (AvgIpc) is 3.26. The topological polar surface area (TPSA) is 63.2 Å². The summed E-state index contributed by atoms with van der Waals surface area (Å²) < 4.78 is 5.65. The van der Waals surface area contributed by atoms with Crippen LogP contribution in [0, 0.1) is 0 Å². The van der Waals surface area contributed by atoms with Crippen LogP contribution >= 0.6 is 11.3 Å².